The van der Waals surface area contributed by atoms with Gasteiger partial charge in [-0.3, -0.25) is 29.0 Å². The van der Waals surface area contributed by atoms with E-state index in [0.29, 0.717) is 25.7 Å². The predicted molar refractivity (Wildman–Crippen MR) is 199 cm³/mol. The van der Waals surface area contributed by atoms with Crippen molar-refractivity contribution in [3.63, 3.8) is 0 Å². The maximum absolute atomic E-state index is 13.6. The molecule has 4 amide bonds. The minimum absolute atomic E-state index is 0.0761. The van der Waals surface area contributed by atoms with Crippen molar-refractivity contribution < 1.29 is 38.2 Å². The van der Waals surface area contributed by atoms with E-state index in [-0.39, 0.29) is 90.9 Å². The fraction of sp³-hybridized carbons (Fsp3) is 0.429. The number of fused-ring (bicyclic) bond motifs is 2. The molecule has 54 heavy (non-hydrogen) atoms. The van der Waals surface area contributed by atoms with E-state index in [9.17, 15) is 28.8 Å². The molecule has 3 aromatic carbocycles. The third-order valence-electron chi connectivity index (χ3n) is 10.6. The number of nitrogens with zero attached hydrogens (tertiary/aromatic N) is 2. The van der Waals surface area contributed by atoms with Crippen molar-refractivity contribution in [2.45, 2.75) is 115 Å². The van der Waals surface area contributed by atoms with E-state index < -0.39 is 23.8 Å². The standard InChI is InChI=1S/C42H46N4O8/c1-39(2)19-25(20-40(3,4)43-39)45-33(47)29-14-12-23(16-31(29)35(45)49)37(51)53-27-10-9-11-28(18-27)54-38(52)24-13-15-30-32(17-24)36(50)46(34(30)48)26-21-41(5,6)44-42(7,8)22-26/h9-18,25-26,43-44H,19-22H2,1-8H3. The second-order valence-electron chi connectivity index (χ2n) is 17.6. The Labute approximate surface area is 314 Å². The molecule has 12 heteroatoms. The first-order valence-electron chi connectivity index (χ1n) is 18.3. The molecule has 3 aromatic rings. The highest BCUT2D eigenvalue weighted by atomic mass is 16.5. The van der Waals surface area contributed by atoms with Gasteiger partial charge in [0.05, 0.1) is 33.4 Å². The van der Waals surface area contributed by atoms with Crippen LogP contribution in [0.3, 0.4) is 0 Å². The summed E-state index contributed by atoms with van der Waals surface area (Å²) in [6, 6.07) is 13.9. The predicted octanol–water partition coefficient (Wildman–Crippen LogP) is 5.94. The van der Waals surface area contributed by atoms with Crippen LogP contribution in [0.15, 0.2) is 60.7 Å². The van der Waals surface area contributed by atoms with E-state index in [1.54, 1.807) is 6.07 Å². The largest absolute Gasteiger partial charge is 0.423 e. The number of esters is 2. The zero-order valence-electron chi connectivity index (χ0n) is 31.9. The Morgan fingerprint density at radius 1 is 0.519 bits per heavy atom. The normalized spacial score (nSPS) is 21.6. The van der Waals surface area contributed by atoms with Gasteiger partial charge in [-0.15, -0.1) is 0 Å². The molecule has 2 saturated heterocycles. The lowest BCUT2D eigenvalue weighted by atomic mass is 9.79. The number of carbonyl (C=O) groups is 6. The fourth-order valence-corrected chi connectivity index (χ4v) is 9.27. The summed E-state index contributed by atoms with van der Waals surface area (Å²) in [4.78, 5) is 83.3. The van der Waals surface area contributed by atoms with Gasteiger partial charge in [-0.2, -0.15) is 0 Å². The van der Waals surface area contributed by atoms with Gasteiger partial charge in [0.2, 0.25) is 0 Å². The molecule has 12 nitrogen and oxygen atoms in total. The first kappa shape index (κ1) is 37.1. The van der Waals surface area contributed by atoms with Crippen LogP contribution in [-0.2, 0) is 0 Å². The molecule has 0 atom stereocenters. The van der Waals surface area contributed by atoms with Crippen molar-refractivity contribution in [3.05, 3.63) is 94.0 Å². The number of hydrogen-bond acceptors (Lipinski definition) is 10. The molecule has 0 aromatic heterocycles. The van der Waals surface area contributed by atoms with Crippen LogP contribution in [0.1, 0.15) is 143 Å². The minimum Gasteiger partial charge on any atom is -0.423 e. The van der Waals surface area contributed by atoms with Crippen LogP contribution < -0.4 is 20.1 Å². The van der Waals surface area contributed by atoms with Gasteiger partial charge in [-0.1, -0.05) is 6.07 Å². The van der Waals surface area contributed by atoms with Crippen molar-refractivity contribution >= 4 is 35.6 Å². The fourth-order valence-electron chi connectivity index (χ4n) is 9.27. The number of hydrogen-bond donors (Lipinski definition) is 2. The number of amides is 4. The lowest BCUT2D eigenvalue weighted by Gasteiger charge is -2.48. The molecule has 282 valence electrons. The minimum atomic E-state index is -0.768. The Morgan fingerprint density at radius 3 is 1.20 bits per heavy atom. The van der Waals surface area contributed by atoms with E-state index in [0.717, 1.165) is 0 Å². The lowest BCUT2D eigenvalue weighted by molar-refractivity contribution is 0.0393. The van der Waals surface area contributed by atoms with Crippen molar-refractivity contribution in [3.8, 4) is 11.5 Å². The summed E-state index contributed by atoms with van der Waals surface area (Å²) >= 11 is 0. The Kier molecular flexibility index (Phi) is 8.73. The number of benzene rings is 3. The van der Waals surface area contributed by atoms with Crippen LogP contribution in [0, 0.1) is 0 Å². The molecule has 0 spiro atoms. The van der Waals surface area contributed by atoms with E-state index in [4.69, 9.17) is 9.47 Å². The van der Waals surface area contributed by atoms with Gasteiger partial charge in [0.25, 0.3) is 23.6 Å². The van der Waals surface area contributed by atoms with Gasteiger partial charge >= 0.3 is 11.9 Å². The van der Waals surface area contributed by atoms with Gasteiger partial charge in [0.15, 0.2) is 0 Å². The number of nitrogens with one attached hydrogen (secondary N) is 2. The highest BCUT2D eigenvalue weighted by Crippen LogP contribution is 2.38. The van der Waals surface area contributed by atoms with E-state index in [1.165, 1.54) is 64.4 Å². The summed E-state index contributed by atoms with van der Waals surface area (Å²) in [5, 5.41) is 7.14. The molecule has 2 fully saturated rings. The zero-order chi connectivity index (χ0) is 39.1. The Bertz CT molecular complexity index is 1970. The molecule has 0 bridgehead atoms. The van der Waals surface area contributed by atoms with E-state index in [1.807, 2.05) is 55.4 Å². The summed E-state index contributed by atoms with van der Waals surface area (Å²) in [5.74, 6) is -3.03. The molecule has 0 aliphatic carbocycles. The lowest BCUT2D eigenvalue weighted by Crippen LogP contribution is -2.62. The van der Waals surface area contributed by atoms with Gasteiger partial charge in [-0.05, 0) is 130 Å². The van der Waals surface area contributed by atoms with Crippen LogP contribution in [0.2, 0.25) is 0 Å². The van der Waals surface area contributed by atoms with Gasteiger partial charge < -0.3 is 20.1 Å². The molecule has 0 radical (unpaired) electrons. The average Bonchev–Trinajstić information content (AvgIpc) is 3.45. The number of carbonyl (C=O) groups excluding carboxylic acids is 6. The first-order chi connectivity index (χ1) is 25.1. The maximum atomic E-state index is 13.6. The van der Waals surface area contributed by atoms with E-state index in [2.05, 4.69) is 10.6 Å². The monoisotopic (exact) mass is 734 g/mol. The van der Waals surface area contributed by atoms with E-state index >= 15 is 0 Å². The SMILES string of the molecule is CC1(C)CC(N2C(=O)c3ccc(C(=O)Oc4cccc(OC(=O)c5ccc6c(c5)C(=O)N(C5CC(C)(C)NC(C)(C)C5)C6=O)c4)cc3C2=O)CC(C)(C)N1. The van der Waals surface area contributed by atoms with Crippen molar-refractivity contribution in [1.82, 2.24) is 20.4 Å². The summed E-state index contributed by atoms with van der Waals surface area (Å²) in [5.41, 5.74) is -0.225. The molecule has 4 heterocycles. The quantitative estimate of drug-likeness (QED) is 0.177. The van der Waals surface area contributed by atoms with Crippen molar-refractivity contribution in [2.75, 3.05) is 0 Å². The van der Waals surface area contributed by atoms with Crippen LogP contribution in [0.4, 0.5) is 0 Å². The van der Waals surface area contributed by atoms with Crippen molar-refractivity contribution in [2.24, 2.45) is 0 Å². The molecule has 4 aliphatic heterocycles. The molecular weight excluding hydrogens is 688 g/mol. The third kappa shape index (κ3) is 6.96. The summed E-state index contributed by atoms with van der Waals surface area (Å²) in [6.07, 6.45) is 2.37. The number of imide groups is 2. The summed E-state index contributed by atoms with van der Waals surface area (Å²) in [6.45, 7) is 16.4. The van der Waals surface area contributed by atoms with Crippen LogP contribution >= 0.6 is 0 Å². The second kappa shape index (κ2) is 12.7. The van der Waals surface area contributed by atoms with Gasteiger partial charge in [0.1, 0.15) is 11.5 Å². The van der Waals surface area contributed by atoms with Crippen LogP contribution in [0.25, 0.3) is 0 Å². The molecule has 0 saturated carbocycles. The smallest absolute Gasteiger partial charge is 0.343 e. The molecule has 0 unspecified atom stereocenters. The Morgan fingerprint density at radius 2 is 0.852 bits per heavy atom. The molecule has 4 aliphatic rings. The second-order valence-corrected chi connectivity index (χ2v) is 17.6. The highest BCUT2D eigenvalue weighted by molar-refractivity contribution is 6.23. The Hall–Kier alpha value is -5.20. The molecule has 2 N–H and O–H groups in total. The van der Waals surface area contributed by atoms with Crippen LogP contribution in [0.5, 0.6) is 11.5 Å². The summed E-state index contributed by atoms with van der Waals surface area (Å²) < 4.78 is 11.2. The van der Waals surface area contributed by atoms with Gasteiger partial charge in [-0.25, -0.2) is 9.59 Å². The average molecular weight is 735 g/mol. The number of piperidine rings is 2. The Balaban J connectivity index is 1.03. The molecule has 7 rings (SSSR count). The maximum Gasteiger partial charge on any atom is 0.343 e. The zero-order valence-corrected chi connectivity index (χ0v) is 31.9. The highest BCUT2D eigenvalue weighted by Gasteiger charge is 2.48. The number of ether oxygens (including phenoxy) is 2. The van der Waals surface area contributed by atoms with Crippen molar-refractivity contribution in [1.29, 1.82) is 0 Å². The van der Waals surface area contributed by atoms with Gasteiger partial charge in [0, 0.05) is 40.3 Å². The summed E-state index contributed by atoms with van der Waals surface area (Å²) in [7, 11) is 0. The first-order valence-corrected chi connectivity index (χ1v) is 18.3. The number of rotatable bonds is 6. The topological polar surface area (TPSA) is 151 Å². The molecular formula is C42H46N4O8. The van der Waals surface area contributed by atoms with Crippen LogP contribution in [-0.4, -0.2) is 79.6 Å². The third-order valence-corrected chi connectivity index (χ3v) is 10.6.